The number of carbonyl (C=O) groups is 1. The van der Waals surface area contributed by atoms with Gasteiger partial charge in [-0.2, -0.15) is 4.39 Å². The molecule has 1 aromatic rings. The van der Waals surface area contributed by atoms with Crippen LogP contribution in [0.1, 0.15) is 30.6 Å². The highest BCUT2D eigenvalue weighted by atomic mass is 19.1. The van der Waals surface area contributed by atoms with Crippen LogP contribution in [-0.2, 0) is 4.79 Å². The number of nitrogens with zero attached hydrogens (tertiary/aromatic N) is 1. The van der Waals surface area contributed by atoms with Crippen molar-refractivity contribution in [1.29, 1.82) is 0 Å². The van der Waals surface area contributed by atoms with Crippen molar-refractivity contribution in [2.45, 2.75) is 32.5 Å². The summed E-state index contributed by atoms with van der Waals surface area (Å²) in [5.74, 6) is -0.826. The molecule has 100 valence electrons. The van der Waals surface area contributed by atoms with Crippen molar-refractivity contribution >= 4 is 5.91 Å². The Hall–Kier alpha value is -1.53. The quantitative estimate of drug-likeness (QED) is 0.668. The number of aliphatic hydroxyl groups excluding tert-OH is 2. The summed E-state index contributed by atoms with van der Waals surface area (Å²) >= 11 is 0. The second kappa shape index (κ2) is 6.42. The molecule has 1 aromatic heterocycles. The van der Waals surface area contributed by atoms with Crippen molar-refractivity contribution in [2.24, 2.45) is 0 Å². The molecule has 0 saturated heterocycles. The van der Waals surface area contributed by atoms with Crippen LogP contribution >= 0.6 is 0 Å². The summed E-state index contributed by atoms with van der Waals surface area (Å²) < 4.78 is 12.8. The van der Waals surface area contributed by atoms with E-state index in [1.54, 1.807) is 6.92 Å². The minimum absolute atomic E-state index is 0.198. The molecule has 6 heteroatoms. The molecule has 0 radical (unpaired) electrons. The maximum Gasteiger partial charge on any atom is 0.216 e. The van der Waals surface area contributed by atoms with Crippen molar-refractivity contribution in [3.8, 4) is 0 Å². The molecule has 0 aliphatic heterocycles. The van der Waals surface area contributed by atoms with Gasteiger partial charge in [0.15, 0.2) is 0 Å². The molecule has 1 heterocycles. The van der Waals surface area contributed by atoms with E-state index in [9.17, 15) is 19.4 Å². The third-order valence-corrected chi connectivity index (χ3v) is 2.62. The summed E-state index contributed by atoms with van der Waals surface area (Å²) in [6, 6.07) is 1.19. The highest BCUT2D eigenvalue weighted by molar-refractivity contribution is 5.72. The zero-order valence-electron chi connectivity index (χ0n) is 10.4. The highest BCUT2D eigenvalue weighted by Gasteiger charge is 2.20. The third kappa shape index (κ3) is 4.05. The molecule has 2 atom stereocenters. The molecular formula is C12H17FN2O3. The Morgan fingerprint density at radius 3 is 2.78 bits per heavy atom. The van der Waals surface area contributed by atoms with Crippen molar-refractivity contribution in [1.82, 2.24) is 10.3 Å². The molecule has 1 amide bonds. The fourth-order valence-corrected chi connectivity index (χ4v) is 1.60. The van der Waals surface area contributed by atoms with Crippen molar-refractivity contribution < 1.29 is 19.4 Å². The van der Waals surface area contributed by atoms with Crippen LogP contribution in [0.2, 0.25) is 0 Å². The van der Waals surface area contributed by atoms with Crippen LogP contribution in [0.5, 0.6) is 0 Å². The SMILES string of the molecule is CC(=O)NCCC(O)C(O)c1cnc(F)cc1C. The van der Waals surface area contributed by atoms with Gasteiger partial charge in [-0.1, -0.05) is 0 Å². The van der Waals surface area contributed by atoms with Crippen LogP contribution in [0.15, 0.2) is 12.3 Å². The topological polar surface area (TPSA) is 82.5 Å². The lowest BCUT2D eigenvalue weighted by atomic mass is 10.00. The largest absolute Gasteiger partial charge is 0.390 e. The van der Waals surface area contributed by atoms with Crippen LogP contribution in [0.25, 0.3) is 0 Å². The Labute approximate surface area is 105 Å². The van der Waals surface area contributed by atoms with E-state index in [1.165, 1.54) is 19.2 Å². The van der Waals surface area contributed by atoms with E-state index in [0.29, 0.717) is 11.1 Å². The predicted molar refractivity (Wildman–Crippen MR) is 63.2 cm³/mol. The van der Waals surface area contributed by atoms with Gasteiger partial charge in [-0.05, 0) is 25.0 Å². The van der Waals surface area contributed by atoms with Crippen molar-refractivity contribution in [3.05, 3.63) is 29.3 Å². The number of carbonyl (C=O) groups excluding carboxylic acids is 1. The first-order valence-corrected chi connectivity index (χ1v) is 5.64. The molecule has 3 N–H and O–H groups in total. The number of halogens is 1. The third-order valence-electron chi connectivity index (χ3n) is 2.62. The molecule has 0 fully saturated rings. The van der Waals surface area contributed by atoms with Gasteiger partial charge < -0.3 is 15.5 Å². The van der Waals surface area contributed by atoms with E-state index in [0.717, 1.165) is 0 Å². The first-order chi connectivity index (χ1) is 8.41. The Morgan fingerprint density at radius 1 is 1.56 bits per heavy atom. The number of aliphatic hydroxyl groups is 2. The standard InChI is InChI=1S/C12H17FN2O3/c1-7-5-11(13)15-6-9(7)12(18)10(17)3-4-14-8(2)16/h5-6,10,12,17-18H,3-4H2,1-2H3,(H,14,16). The number of hydrogen-bond acceptors (Lipinski definition) is 4. The second-order valence-corrected chi connectivity index (χ2v) is 4.15. The van der Waals surface area contributed by atoms with Crippen molar-refractivity contribution in [3.63, 3.8) is 0 Å². The van der Waals surface area contributed by atoms with E-state index < -0.39 is 18.2 Å². The fraction of sp³-hybridized carbons (Fsp3) is 0.500. The number of rotatable bonds is 5. The Bertz CT molecular complexity index is 426. The Kier molecular flexibility index (Phi) is 5.18. The first kappa shape index (κ1) is 14.5. The molecule has 2 unspecified atom stereocenters. The van der Waals surface area contributed by atoms with Gasteiger partial charge in [0, 0.05) is 25.2 Å². The minimum atomic E-state index is -1.15. The average Bonchev–Trinajstić information content (AvgIpc) is 2.27. The molecule has 0 aromatic carbocycles. The van der Waals surface area contributed by atoms with Crippen LogP contribution in [0, 0.1) is 12.9 Å². The van der Waals surface area contributed by atoms with E-state index in [2.05, 4.69) is 10.3 Å². The van der Waals surface area contributed by atoms with Gasteiger partial charge in [0.05, 0.1) is 6.10 Å². The molecule has 0 bridgehead atoms. The molecule has 0 saturated carbocycles. The lowest BCUT2D eigenvalue weighted by molar-refractivity contribution is -0.119. The fourth-order valence-electron chi connectivity index (χ4n) is 1.60. The monoisotopic (exact) mass is 256 g/mol. The zero-order chi connectivity index (χ0) is 13.7. The Morgan fingerprint density at radius 2 is 2.22 bits per heavy atom. The average molecular weight is 256 g/mol. The van der Waals surface area contributed by atoms with Gasteiger partial charge in [-0.3, -0.25) is 4.79 Å². The highest BCUT2D eigenvalue weighted by Crippen LogP contribution is 2.21. The number of pyridine rings is 1. The van der Waals surface area contributed by atoms with Crippen molar-refractivity contribution in [2.75, 3.05) is 6.54 Å². The number of nitrogens with one attached hydrogen (secondary N) is 1. The van der Waals surface area contributed by atoms with Crippen LogP contribution in [0.4, 0.5) is 4.39 Å². The normalized spacial score (nSPS) is 14.1. The number of aromatic nitrogens is 1. The zero-order valence-corrected chi connectivity index (χ0v) is 10.4. The van der Waals surface area contributed by atoms with Crippen LogP contribution < -0.4 is 5.32 Å². The van der Waals surface area contributed by atoms with E-state index >= 15 is 0 Å². The van der Waals surface area contributed by atoms with Crippen LogP contribution in [-0.4, -0.2) is 33.8 Å². The summed E-state index contributed by atoms with van der Waals surface area (Å²) in [4.78, 5) is 14.1. The molecule has 0 aliphatic carbocycles. The van der Waals surface area contributed by atoms with Crippen LogP contribution in [0.3, 0.4) is 0 Å². The summed E-state index contributed by atoms with van der Waals surface area (Å²) in [5.41, 5.74) is 0.903. The van der Waals surface area contributed by atoms with E-state index in [-0.39, 0.29) is 18.9 Å². The number of aryl methyl sites for hydroxylation is 1. The maximum absolute atomic E-state index is 12.8. The molecule has 1 rings (SSSR count). The van der Waals surface area contributed by atoms with Gasteiger partial charge in [0.1, 0.15) is 6.10 Å². The summed E-state index contributed by atoms with van der Waals surface area (Å²) in [6.07, 6.45) is -0.774. The molecular weight excluding hydrogens is 239 g/mol. The molecule has 18 heavy (non-hydrogen) atoms. The van der Waals surface area contributed by atoms with Gasteiger partial charge in [0.2, 0.25) is 11.9 Å². The molecule has 5 nitrogen and oxygen atoms in total. The lowest BCUT2D eigenvalue weighted by Gasteiger charge is -2.19. The predicted octanol–water partition coefficient (Wildman–Crippen LogP) is 0.450. The maximum atomic E-state index is 12.8. The van der Waals surface area contributed by atoms with Gasteiger partial charge in [0.25, 0.3) is 0 Å². The Balaban J connectivity index is 2.62. The van der Waals surface area contributed by atoms with Gasteiger partial charge in [-0.25, -0.2) is 4.98 Å². The molecule has 0 spiro atoms. The first-order valence-electron chi connectivity index (χ1n) is 5.64. The second-order valence-electron chi connectivity index (χ2n) is 4.15. The number of hydrogen-bond donors (Lipinski definition) is 3. The smallest absolute Gasteiger partial charge is 0.216 e. The van der Waals surface area contributed by atoms with E-state index in [1.807, 2.05) is 0 Å². The minimum Gasteiger partial charge on any atom is -0.390 e. The summed E-state index contributed by atoms with van der Waals surface area (Å²) in [7, 11) is 0. The lowest BCUT2D eigenvalue weighted by Crippen LogP contribution is -2.28. The van der Waals surface area contributed by atoms with Gasteiger partial charge in [-0.15, -0.1) is 0 Å². The van der Waals surface area contributed by atoms with Gasteiger partial charge >= 0.3 is 0 Å². The summed E-state index contributed by atoms with van der Waals surface area (Å²) in [5, 5.41) is 22.2. The number of amides is 1. The summed E-state index contributed by atoms with van der Waals surface area (Å²) in [6.45, 7) is 3.27. The van der Waals surface area contributed by atoms with E-state index in [4.69, 9.17) is 0 Å². The molecule has 0 aliphatic rings.